The summed E-state index contributed by atoms with van der Waals surface area (Å²) in [4.78, 5) is 12.1. The van der Waals surface area contributed by atoms with E-state index < -0.39 is 0 Å². The molecular weight excluding hydrogens is 308 g/mol. The zero-order valence-electron chi connectivity index (χ0n) is 13.2. The quantitative estimate of drug-likeness (QED) is 0.721. The van der Waals surface area contributed by atoms with Gasteiger partial charge in [0.25, 0.3) is 0 Å². The van der Waals surface area contributed by atoms with Crippen LogP contribution in [0.5, 0.6) is 5.75 Å². The van der Waals surface area contributed by atoms with Gasteiger partial charge in [-0.2, -0.15) is 0 Å². The SMILES string of the molecule is COc1cccc(NC(=O)NCC(c2ccco2)c2ccco2)c1. The molecule has 0 bridgehead atoms. The lowest BCUT2D eigenvalue weighted by molar-refractivity contribution is 0.251. The van der Waals surface area contributed by atoms with Crippen LogP contribution in [0.25, 0.3) is 0 Å². The molecule has 0 unspecified atom stereocenters. The first-order valence-electron chi connectivity index (χ1n) is 7.52. The maximum absolute atomic E-state index is 12.1. The van der Waals surface area contributed by atoms with Gasteiger partial charge in [0.1, 0.15) is 17.3 Å². The van der Waals surface area contributed by atoms with E-state index in [0.717, 1.165) is 11.5 Å². The number of nitrogens with one attached hydrogen (secondary N) is 2. The normalized spacial score (nSPS) is 10.6. The molecule has 3 aromatic rings. The second-order valence-corrected chi connectivity index (χ2v) is 5.15. The molecule has 0 fully saturated rings. The Bertz CT molecular complexity index is 732. The molecule has 3 rings (SSSR count). The van der Waals surface area contributed by atoms with Gasteiger partial charge < -0.3 is 24.2 Å². The number of carbonyl (C=O) groups excluding carboxylic acids is 1. The molecule has 0 aliphatic rings. The molecule has 6 heteroatoms. The second kappa shape index (κ2) is 7.41. The predicted molar refractivity (Wildman–Crippen MR) is 89.3 cm³/mol. The highest BCUT2D eigenvalue weighted by Gasteiger charge is 2.20. The minimum absolute atomic E-state index is 0.189. The van der Waals surface area contributed by atoms with Crippen molar-refractivity contribution < 1.29 is 18.4 Å². The van der Waals surface area contributed by atoms with Gasteiger partial charge in [-0.05, 0) is 36.4 Å². The fourth-order valence-corrected chi connectivity index (χ4v) is 2.39. The lowest BCUT2D eigenvalue weighted by Crippen LogP contribution is -2.32. The maximum atomic E-state index is 12.1. The maximum Gasteiger partial charge on any atom is 0.319 e. The van der Waals surface area contributed by atoms with Crippen molar-refractivity contribution in [3.05, 3.63) is 72.6 Å². The summed E-state index contributed by atoms with van der Waals surface area (Å²) < 4.78 is 16.0. The van der Waals surface area contributed by atoms with Gasteiger partial charge in [-0.3, -0.25) is 0 Å². The number of carbonyl (C=O) groups is 1. The highest BCUT2D eigenvalue weighted by molar-refractivity contribution is 5.89. The number of amides is 2. The van der Waals surface area contributed by atoms with Crippen molar-refractivity contribution in [1.82, 2.24) is 5.32 Å². The Morgan fingerprint density at radius 2 is 1.79 bits per heavy atom. The van der Waals surface area contributed by atoms with Gasteiger partial charge in [-0.1, -0.05) is 6.07 Å². The van der Waals surface area contributed by atoms with E-state index in [1.807, 2.05) is 36.4 Å². The third-order valence-electron chi connectivity index (χ3n) is 3.57. The van der Waals surface area contributed by atoms with Crippen LogP contribution < -0.4 is 15.4 Å². The largest absolute Gasteiger partial charge is 0.497 e. The van der Waals surface area contributed by atoms with Gasteiger partial charge in [0, 0.05) is 18.3 Å². The first kappa shape index (κ1) is 15.7. The summed E-state index contributed by atoms with van der Waals surface area (Å²) in [7, 11) is 1.58. The monoisotopic (exact) mass is 326 g/mol. The van der Waals surface area contributed by atoms with E-state index in [1.54, 1.807) is 31.8 Å². The molecule has 2 amide bonds. The average Bonchev–Trinajstić information content (AvgIpc) is 3.29. The molecule has 6 nitrogen and oxygen atoms in total. The lowest BCUT2D eigenvalue weighted by Gasteiger charge is -2.14. The number of anilines is 1. The fourth-order valence-electron chi connectivity index (χ4n) is 2.39. The van der Waals surface area contributed by atoms with E-state index in [2.05, 4.69) is 10.6 Å². The molecule has 0 radical (unpaired) electrons. The van der Waals surface area contributed by atoms with Crippen LogP contribution in [0.3, 0.4) is 0 Å². The van der Waals surface area contributed by atoms with Crippen molar-refractivity contribution in [2.45, 2.75) is 5.92 Å². The third kappa shape index (κ3) is 3.78. The van der Waals surface area contributed by atoms with Crippen molar-refractivity contribution in [2.24, 2.45) is 0 Å². The van der Waals surface area contributed by atoms with Crippen LogP contribution in [0.4, 0.5) is 10.5 Å². The van der Waals surface area contributed by atoms with E-state index in [4.69, 9.17) is 13.6 Å². The Labute approximate surface area is 139 Å². The molecule has 1 aromatic carbocycles. The summed E-state index contributed by atoms with van der Waals surface area (Å²) in [5.74, 6) is 1.95. The van der Waals surface area contributed by atoms with Crippen molar-refractivity contribution >= 4 is 11.7 Å². The van der Waals surface area contributed by atoms with Crippen molar-refractivity contribution in [3.63, 3.8) is 0 Å². The average molecular weight is 326 g/mol. The van der Waals surface area contributed by atoms with E-state index >= 15 is 0 Å². The molecule has 0 spiro atoms. The van der Waals surface area contributed by atoms with Gasteiger partial charge in [0.15, 0.2) is 0 Å². The predicted octanol–water partition coefficient (Wildman–Crippen LogP) is 3.83. The van der Waals surface area contributed by atoms with Gasteiger partial charge in [-0.15, -0.1) is 0 Å². The van der Waals surface area contributed by atoms with Crippen LogP contribution in [-0.2, 0) is 0 Å². The number of methoxy groups -OCH3 is 1. The molecular formula is C18H18N2O4. The molecule has 2 aromatic heterocycles. The minimum Gasteiger partial charge on any atom is -0.497 e. The topological polar surface area (TPSA) is 76.6 Å². The third-order valence-corrected chi connectivity index (χ3v) is 3.57. The highest BCUT2D eigenvalue weighted by Crippen LogP contribution is 2.25. The Morgan fingerprint density at radius 3 is 2.38 bits per heavy atom. The first-order valence-corrected chi connectivity index (χ1v) is 7.52. The molecule has 24 heavy (non-hydrogen) atoms. The Morgan fingerprint density at radius 1 is 1.08 bits per heavy atom. The van der Waals surface area contributed by atoms with Gasteiger partial charge in [0.2, 0.25) is 0 Å². The lowest BCUT2D eigenvalue weighted by atomic mass is 10.0. The fraction of sp³-hybridized carbons (Fsp3) is 0.167. The number of hydrogen-bond donors (Lipinski definition) is 2. The van der Waals surface area contributed by atoms with E-state index in [9.17, 15) is 4.79 Å². The van der Waals surface area contributed by atoms with Gasteiger partial charge in [0.05, 0.1) is 25.6 Å². The molecule has 0 aliphatic heterocycles. The van der Waals surface area contributed by atoms with Crippen LogP contribution in [0, 0.1) is 0 Å². The summed E-state index contributed by atoms with van der Waals surface area (Å²) in [5, 5.41) is 5.61. The van der Waals surface area contributed by atoms with Crippen molar-refractivity contribution in [2.75, 3.05) is 19.0 Å². The Balaban J connectivity index is 1.63. The smallest absolute Gasteiger partial charge is 0.319 e. The number of benzene rings is 1. The van der Waals surface area contributed by atoms with E-state index in [0.29, 0.717) is 18.0 Å². The minimum atomic E-state index is -0.314. The Hall–Kier alpha value is -3.15. The summed E-state index contributed by atoms with van der Waals surface area (Å²) in [6.07, 6.45) is 3.20. The van der Waals surface area contributed by atoms with Crippen molar-refractivity contribution in [1.29, 1.82) is 0 Å². The van der Waals surface area contributed by atoms with Crippen LogP contribution in [0.2, 0.25) is 0 Å². The second-order valence-electron chi connectivity index (χ2n) is 5.15. The molecule has 0 saturated heterocycles. The summed E-state index contributed by atoms with van der Waals surface area (Å²) in [6.45, 7) is 0.344. The molecule has 2 N–H and O–H groups in total. The molecule has 124 valence electrons. The summed E-state index contributed by atoms with van der Waals surface area (Å²) >= 11 is 0. The number of furan rings is 2. The van der Waals surface area contributed by atoms with E-state index in [1.165, 1.54) is 0 Å². The molecule has 2 heterocycles. The zero-order chi connectivity index (χ0) is 16.8. The number of rotatable bonds is 6. The molecule has 0 saturated carbocycles. The zero-order valence-corrected chi connectivity index (χ0v) is 13.2. The first-order chi connectivity index (χ1) is 11.8. The van der Waals surface area contributed by atoms with Crippen LogP contribution >= 0.6 is 0 Å². The summed E-state index contributed by atoms with van der Waals surface area (Å²) in [6, 6.07) is 14.2. The van der Waals surface area contributed by atoms with Gasteiger partial charge in [-0.25, -0.2) is 4.79 Å². The van der Waals surface area contributed by atoms with Crippen LogP contribution in [0.15, 0.2) is 69.9 Å². The van der Waals surface area contributed by atoms with Crippen molar-refractivity contribution in [3.8, 4) is 5.75 Å². The standard InChI is InChI=1S/C18H18N2O4/c1-22-14-6-2-5-13(11-14)20-18(21)19-12-15(16-7-3-9-23-16)17-8-4-10-24-17/h2-11,15H,12H2,1H3,(H2,19,20,21). The number of ether oxygens (including phenoxy) is 1. The van der Waals surface area contributed by atoms with E-state index in [-0.39, 0.29) is 11.9 Å². The Kier molecular flexibility index (Phi) is 4.86. The summed E-state index contributed by atoms with van der Waals surface area (Å²) in [5.41, 5.74) is 0.652. The van der Waals surface area contributed by atoms with Crippen LogP contribution in [-0.4, -0.2) is 19.7 Å². The molecule has 0 aliphatic carbocycles. The van der Waals surface area contributed by atoms with Crippen LogP contribution in [0.1, 0.15) is 17.4 Å². The number of urea groups is 1. The van der Waals surface area contributed by atoms with Gasteiger partial charge >= 0.3 is 6.03 Å². The highest BCUT2D eigenvalue weighted by atomic mass is 16.5. The number of hydrogen-bond acceptors (Lipinski definition) is 4. The molecule has 0 atom stereocenters.